The third-order valence-corrected chi connectivity index (χ3v) is 5.97. The van der Waals surface area contributed by atoms with E-state index in [0.717, 1.165) is 43.4 Å². The second-order valence-electron chi connectivity index (χ2n) is 8.41. The lowest BCUT2D eigenvalue weighted by Gasteiger charge is -2.33. The molecule has 0 radical (unpaired) electrons. The summed E-state index contributed by atoms with van der Waals surface area (Å²) in [6.45, 7) is 3.95. The van der Waals surface area contributed by atoms with Crippen molar-refractivity contribution in [3.8, 4) is 0 Å². The van der Waals surface area contributed by atoms with Gasteiger partial charge in [-0.15, -0.1) is 0 Å². The van der Waals surface area contributed by atoms with Crippen LogP contribution in [0, 0.1) is 0 Å². The fourth-order valence-corrected chi connectivity index (χ4v) is 4.07. The number of hydrogen-bond donors (Lipinski definition) is 3. The second-order valence-corrected chi connectivity index (χ2v) is 8.41. The van der Waals surface area contributed by atoms with Gasteiger partial charge in [0.25, 0.3) is 5.91 Å². The van der Waals surface area contributed by atoms with E-state index in [1.807, 2.05) is 18.0 Å². The van der Waals surface area contributed by atoms with Crippen molar-refractivity contribution in [2.45, 2.75) is 19.1 Å². The molecule has 0 aromatic heterocycles. The fraction of sp³-hybridized carbons (Fsp3) is 0.391. The van der Waals surface area contributed by atoms with Gasteiger partial charge in [-0.3, -0.25) is 15.0 Å². The van der Waals surface area contributed by atoms with Gasteiger partial charge >= 0.3 is 12.2 Å². The van der Waals surface area contributed by atoms with Crippen LogP contribution in [0.25, 0.3) is 0 Å². The van der Waals surface area contributed by atoms with Crippen molar-refractivity contribution in [1.29, 1.82) is 0 Å². The van der Waals surface area contributed by atoms with Gasteiger partial charge in [0.15, 0.2) is 0 Å². The number of hydrogen-bond acceptors (Lipinski definition) is 5. The Bertz CT molecular complexity index is 1050. The molecule has 176 valence electrons. The van der Waals surface area contributed by atoms with Gasteiger partial charge in [0.2, 0.25) is 0 Å². The van der Waals surface area contributed by atoms with Gasteiger partial charge in [0, 0.05) is 56.2 Å². The molecule has 7 nitrogen and oxygen atoms in total. The Kier molecular flexibility index (Phi) is 6.57. The van der Waals surface area contributed by atoms with Crippen molar-refractivity contribution in [3.63, 3.8) is 0 Å². The van der Waals surface area contributed by atoms with Crippen LogP contribution in [0.2, 0.25) is 0 Å². The first-order valence-electron chi connectivity index (χ1n) is 10.8. The molecule has 2 heterocycles. The molecule has 0 unspecified atom stereocenters. The zero-order chi connectivity index (χ0) is 23.6. The first-order valence-corrected chi connectivity index (χ1v) is 10.8. The van der Waals surface area contributed by atoms with Crippen LogP contribution in [0.15, 0.2) is 36.4 Å². The average Bonchev–Trinajstić information content (AvgIpc) is 3.23. The number of alkyl halides is 3. The van der Waals surface area contributed by atoms with E-state index in [2.05, 4.69) is 20.9 Å². The molecule has 1 saturated heterocycles. The molecule has 2 aromatic rings. The van der Waals surface area contributed by atoms with E-state index in [1.165, 1.54) is 12.1 Å². The quantitative estimate of drug-likeness (QED) is 0.651. The van der Waals surface area contributed by atoms with Crippen LogP contribution < -0.4 is 16.0 Å². The molecule has 33 heavy (non-hydrogen) atoms. The number of likely N-dealkylation sites (N-methyl/N-ethyl adjacent to an activating group) is 1. The summed E-state index contributed by atoms with van der Waals surface area (Å²) in [6, 6.07) is 7.90. The highest BCUT2D eigenvalue weighted by Crippen LogP contribution is 2.34. The Balaban J connectivity index is 1.42. The average molecular weight is 461 g/mol. The van der Waals surface area contributed by atoms with Crippen LogP contribution in [-0.4, -0.2) is 61.5 Å². The summed E-state index contributed by atoms with van der Waals surface area (Å²) < 4.78 is 41.1. The Morgan fingerprint density at radius 2 is 1.82 bits per heavy atom. The van der Waals surface area contributed by atoms with Crippen molar-refractivity contribution in [2.24, 2.45) is 0 Å². The largest absolute Gasteiger partial charge is 0.416 e. The number of urea groups is 1. The predicted molar refractivity (Wildman–Crippen MR) is 119 cm³/mol. The minimum atomic E-state index is -4.57. The van der Waals surface area contributed by atoms with Crippen molar-refractivity contribution in [1.82, 2.24) is 15.1 Å². The number of halogens is 3. The summed E-state index contributed by atoms with van der Waals surface area (Å²) in [7, 11) is 1.98. The molecule has 3 amide bonds. The van der Waals surface area contributed by atoms with Crippen molar-refractivity contribution in [3.05, 3.63) is 58.7 Å². The number of rotatable bonds is 4. The van der Waals surface area contributed by atoms with Crippen molar-refractivity contribution < 1.29 is 22.8 Å². The summed E-state index contributed by atoms with van der Waals surface area (Å²) in [5.74, 6) is -0.633. The van der Waals surface area contributed by atoms with E-state index in [-0.39, 0.29) is 23.4 Å². The fourth-order valence-electron chi connectivity index (χ4n) is 4.07. The van der Waals surface area contributed by atoms with Gasteiger partial charge in [-0.2, -0.15) is 13.2 Å². The molecule has 4 rings (SSSR count). The molecule has 2 aliphatic rings. The number of benzene rings is 2. The van der Waals surface area contributed by atoms with Gasteiger partial charge in [0.05, 0.1) is 5.56 Å². The molecular formula is C23H26F3N5O2. The smallest absolute Gasteiger partial charge is 0.384 e. The zero-order valence-corrected chi connectivity index (χ0v) is 18.3. The number of imide groups is 1. The van der Waals surface area contributed by atoms with E-state index in [1.54, 1.807) is 12.1 Å². The lowest BCUT2D eigenvalue weighted by molar-refractivity contribution is -0.138. The maximum atomic E-state index is 13.7. The van der Waals surface area contributed by atoms with Crippen LogP contribution in [0.4, 0.5) is 29.3 Å². The topological polar surface area (TPSA) is 76.7 Å². The van der Waals surface area contributed by atoms with E-state index >= 15 is 0 Å². The van der Waals surface area contributed by atoms with Gasteiger partial charge in [-0.1, -0.05) is 12.1 Å². The maximum absolute atomic E-state index is 13.7. The van der Waals surface area contributed by atoms with E-state index < -0.39 is 23.7 Å². The van der Waals surface area contributed by atoms with Crippen LogP contribution in [0.5, 0.6) is 0 Å². The van der Waals surface area contributed by atoms with Crippen LogP contribution in [-0.2, 0) is 19.1 Å². The zero-order valence-electron chi connectivity index (χ0n) is 18.3. The predicted octanol–water partition coefficient (Wildman–Crippen LogP) is 3.38. The Hall–Kier alpha value is -3.11. The third-order valence-electron chi connectivity index (χ3n) is 5.97. The molecule has 2 aliphatic heterocycles. The number of carbonyl (C=O) groups is 2. The Morgan fingerprint density at radius 3 is 2.55 bits per heavy atom. The molecule has 3 N–H and O–H groups in total. The highest BCUT2D eigenvalue weighted by atomic mass is 19.4. The molecule has 0 atom stereocenters. The molecule has 10 heteroatoms. The van der Waals surface area contributed by atoms with Crippen molar-refractivity contribution >= 4 is 23.3 Å². The monoisotopic (exact) mass is 461 g/mol. The number of carbonyl (C=O) groups excluding carboxylic acids is 2. The first kappa shape index (κ1) is 23.1. The number of nitrogens with zero attached hydrogens (tertiary/aromatic N) is 2. The lowest BCUT2D eigenvalue weighted by atomic mass is 10.0. The first-order chi connectivity index (χ1) is 15.7. The molecule has 0 saturated carbocycles. The lowest BCUT2D eigenvalue weighted by Crippen LogP contribution is -2.44. The van der Waals surface area contributed by atoms with Crippen molar-refractivity contribution in [2.75, 3.05) is 50.4 Å². The number of fused-ring (bicyclic) bond motifs is 1. The Labute approximate surface area is 189 Å². The molecule has 0 bridgehead atoms. The van der Waals surface area contributed by atoms with Gasteiger partial charge in [-0.05, 0) is 48.9 Å². The van der Waals surface area contributed by atoms with E-state index in [9.17, 15) is 22.8 Å². The van der Waals surface area contributed by atoms with Gasteiger partial charge in [-0.25, -0.2) is 4.79 Å². The molecular weight excluding hydrogens is 435 g/mol. The number of amides is 3. The van der Waals surface area contributed by atoms with Crippen LogP contribution in [0.1, 0.15) is 27.0 Å². The summed E-state index contributed by atoms with van der Waals surface area (Å²) in [4.78, 5) is 28.8. The number of anilines is 2. The number of piperazine rings is 1. The number of nitrogens with one attached hydrogen (secondary N) is 3. The normalized spacial score (nSPS) is 16.7. The molecule has 2 aromatic carbocycles. The SMILES string of the molecule is CN1CCN(Cc2ccc(NC(=O)NC(=O)c3ccc4c(c3)NCC4)cc2C(F)(F)F)CC1. The minimum Gasteiger partial charge on any atom is -0.384 e. The molecule has 1 fully saturated rings. The summed E-state index contributed by atoms with van der Waals surface area (Å²) in [5, 5.41) is 7.66. The second kappa shape index (κ2) is 9.40. The van der Waals surface area contributed by atoms with E-state index in [4.69, 9.17) is 0 Å². The summed E-state index contributed by atoms with van der Waals surface area (Å²) in [6.07, 6.45) is -3.70. The highest BCUT2D eigenvalue weighted by Gasteiger charge is 2.34. The van der Waals surface area contributed by atoms with Crippen LogP contribution >= 0.6 is 0 Å². The standard InChI is InChI=1S/C23H26F3N5O2/c1-30-8-10-31(11-9-30)14-17-4-5-18(13-19(17)23(24,25)26)28-22(33)29-21(32)16-3-2-15-6-7-27-20(15)12-16/h2-5,12-13,27H,6-11,14H2,1H3,(H2,28,29,32,33). The molecule has 0 aliphatic carbocycles. The molecule has 0 spiro atoms. The van der Waals surface area contributed by atoms with Crippen LogP contribution in [0.3, 0.4) is 0 Å². The third kappa shape index (κ3) is 5.63. The Morgan fingerprint density at radius 1 is 1.06 bits per heavy atom. The maximum Gasteiger partial charge on any atom is 0.416 e. The highest BCUT2D eigenvalue weighted by molar-refractivity contribution is 6.08. The van der Waals surface area contributed by atoms with Gasteiger partial charge < -0.3 is 15.5 Å². The van der Waals surface area contributed by atoms with E-state index in [0.29, 0.717) is 13.1 Å². The van der Waals surface area contributed by atoms with Gasteiger partial charge in [0.1, 0.15) is 0 Å². The summed E-state index contributed by atoms with van der Waals surface area (Å²) >= 11 is 0. The summed E-state index contributed by atoms with van der Waals surface area (Å²) in [5.41, 5.74) is 1.54. The minimum absolute atomic E-state index is 0.0367.